The van der Waals surface area contributed by atoms with Gasteiger partial charge in [0, 0.05) is 25.7 Å². The Bertz CT molecular complexity index is 1730. The lowest BCUT2D eigenvalue weighted by Gasteiger charge is -2.21. The number of carbonyl (C=O) groups excluding carboxylic acids is 4. The standard InChI is InChI=1S/C68H132O17P2/c1-9-60(7)46-38-30-22-17-19-24-33-41-49-66(71)78-54-63(84-67(72)50-42-34-25-15-13-11-12-14-20-28-36-44-58(3)4)56-82-86(74,75)80-52-62(69)53-81-87(76,77)83-57-64(85-68(73)51-43-35-27-26-31-39-47-61(8)10-2)55-79-65(70)48-40-32-23-18-16-21-29-37-45-59(5)6/h58-64,69H,9-57H2,1-8H3,(H,74,75)(H,76,77)/t60?,61?,62?,63-,64-/m1/s1. The van der Waals surface area contributed by atoms with Crippen molar-refractivity contribution in [1.82, 2.24) is 0 Å². The van der Waals surface area contributed by atoms with E-state index in [0.29, 0.717) is 25.7 Å². The van der Waals surface area contributed by atoms with Gasteiger partial charge in [0.05, 0.1) is 26.4 Å². The van der Waals surface area contributed by atoms with E-state index in [1.165, 1.54) is 135 Å². The third-order valence-electron chi connectivity index (χ3n) is 16.3. The summed E-state index contributed by atoms with van der Waals surface area (Å²) in [6, 6.07) is 0. The predicted octanol–water partition coefficient (Wildman–Crippen LogP) is 18.9. The SMILES string of the molecule is CCC(C)CCCCCCCCCCC(=O)OC[C@H](COP(=O)(O)OCC(O)COP(=O)(O)OC[C@@H](COC(=O)CCCCCCCCCCC(C)C)OC(=O)CCCCCCCCC(C)CC)OC(=O)CCCCCCCCCCCCCC(C)C. The molecule has 0 aromatic heterocycles. The summed E-state index contributed by atoms with van der Waals surface area (Å²) in [5.74, 6) is 0.854. The maximum absolute atomic E-state index is 13.0. The van der Waals surface area contributed by atoms with Crippen molar-refractivity contribution in [2.75, 3.05) is 39.6 Å². The van der Waals surface area contributed by atoms with Crippen molar-refractivity contribution in [2.45, 2.75) is 350 Å². The van der Waals surface area contributed by atoms with Crippen LogP contribution >= 0.6 is 15.6 Å². The molecule has 19 heteroatoms. The third-order valence-corrected chi connectivity index (χ3v) is 18.2. The molecule has 516 valence electrons. The van der Waals surface area contributed by atoms with Gasteiger partial charge in [0.2, 0.25) is 0 Å². The molecule has 0 aliphatic rings. The molecule has 0 spiro atoms. The van der Waals surface area contributed by atoms with Crippen LogP contribution < -0.4 is 0 Å². The third kappa shape index (κ3) is 60.1. The summed E-state index contributed by atoms with van der Waals surface area (Å²) in [4.78, 5) is 72.4. The van der Waals surface area contributed by atoms with Gasteiger partial charge in [0.15, 0.2) is 12.2 Å². The predicted molar refractivity (Wildman–Crippen MR) is 349 cm³/mol. The van der Waals surface area contributed by atoms with Gasteiger partial charge >= 0.3 is 39.5 Å². The van der Waals surface area contributed by atoms with Crippen LogP contribution in [0.25, 0.3) is 0 Å². The number of rotatable bonds is 65. The fraction of sp³-hybridized carbons (Fsp3) is 0.941. The van der Waals surface area contributed by atoms with Gasteiger partial charge in [-0.3, -0.25) is 37.3 Å². The first-order chi connectivity index (χ1) is 41.7. The van der Waals surface area contributed by atoms with Gasteiger partial charge in [-0.2, -0.15) is 0 Å². The van der Waals surface area contributed by atoms with E-state index in [1.807, 2.05) is 0 Å². The Morgan fingerprint density at radius 2 is 0.552 bits per heavy atom. The van der Waals surface area contributed by atoms with Gasteiger partial charge in [-0.25, -0.2) is 9.13 Å². The van der Waals surface area contributed by atoms with Crippen molar-refractivity contribution in [3.8, 4) is 0 Å². The van der Waals surface area contributed by atoms with Crippen LogP contribution in [0, 0.1) is 23.7 Å². The number of phosphoric acid groups is 2. The quantitative estimate of drug-likeness (QED) is 0.0222. The van der Waals surface area contributed by atoms with E-state index in [1.54, 1.807) is 0 Å². The van der Waals surface area contributed by atoms with Crippen LogP contribution in [0.15, 0.2) is 0 Å². The van der Waals surface area contributed by atoms with Crippen LogP contribution in [0.5, 0.6) is 0 Å². The molecule has 0 aromatic carbocycles. The number of hydrogen-bond donors (Lipinski definition) is 3. The van der Waals surface area contributed by atoms with Crippen molar-refractivity contribution in [3.05, 3.63) is 0 Å². The first-order valence-corrected chi connectivity index (χ1v) is 38.3. The second-order valence-electron chi connectivity index (χ2n) is 26.0. The van der Waals surface area contributed by atoms with Crippen molar-refractivity contribution in [2.24, 2.45) is 23.7 Å². The minimum Gasteiger partial charge on any atom is -0.462 e. The lowest BCUT2D eigenvalue weighted by Crippen LogP contribution is -2.30. The van der Waals surface area contributed by atoms with E-state index < -0.39 is 97.5 Å². The molecule has 0 heterocycles. The van der Waals surface area contributed by atoms with Crippen LogP contribution in [0.4, 0.5) is 0 Å². The average Bonchev–Trinajstić information content (AvgIpc) is 3.56. The number of carbonyl (C=O) groups is 4. The normalized spacial score (nSPS) is 15.0. The number of esters is 4. The largest absolute Gasteiger partial charge is 0.472 e. The molecule has 0 saturated carbocycles. The molecule has 5 unspecified atom stereocenters. The zero-order chi connectivity index (χ0) is 64.7. The number of phosphoric ester groups is 2. The summed E-state index contributed by atoms with van der Waals surface area (Å²) >= 11 is 0. The molecule has 0 aliphatic heterocycles. The van der Waals surface area contributed by atoms with Gasteiger partial charge in [-0.05, 0) is 49.4 Å². The highest BCUT2D eigenvalue weighted by molar-refractivity contribution is 7.47. The Morgan fingerprint density at radius 3 is 0.816 bits per heavy atom. The smallest absolute Gasteiger partial charge is 0.462 e. The van der Waals surface area contributed by atoms with Crippen molar-refractivity contribution in [1.29, 1.82) is 0 Å². The fourth-order valence-electron chi connectivity index (χ4n) is 10.1. The van der Waals surface area contributed by atoms with E-state index in [4.69, 9.17) is 37.0 Å². The molecule has 0 aliphatic carbocycles. The highest BCUT2D eigenvalue weighted by Crippen LogP contribution is 2.45. The Labute approximate surface area is 530 Å². The molecular formula is C68H132O17P2. The molecule has 0 fully saturated rings. The summed E-state index contributed by atoms with van der Waals surface area (Å²) in [5, 5.41) is 10.6. The minimum absolute atomic E-state index is 0.102. The first kappa shape index (κ1) is 85.1. The molecule has 17 nitrogen and oxygen atoms in total. The van der Waals surface area contributed by atoms with Crippen LogP contribution in [-0.4, -0.2) is 96.7 Å². The lowest BCUT2D eigenvalue weighted by atomic mass is 9.99. The topological polar surface area (TPSA) is 237 Å². The Hall–Kier alpha value is -1.94. The number of aliphatic hydroxyl groups excluding tert-OH is 1. The number of unbranched alkanes of at least 4 members (excludes halogenated alkanes) is 29. The summed E-state index contributed by atoms with van der Waals surface area (Å²) < 4.78 is 68.2. The van der Waals surface area contributed by atoms with Gasteiger partial charge in [-0.15, -0.1) is 0 Å². The molecule has 0 saturated heterocycles. The van der Waals surface area contributed by atoms with E-state index >= 15 is 0 Å². The first-order valence-electron chi connectivity index (χ1n) is 35.3. The van der Waals surface area contributed by atoms with Crippen molar-refractivity contribution >= 4 is 39.5 Å². The van der Waals surface area contributed by atoms with Gasteiger partial charge in [-0.1, -0.05) is 280 Å². The molecule has 0 rings (SSSR count). The molecule has 0 amide bonds. The molecule has 0 aromatic rings. The maximum atomic E-state index is 13.0. The number of hydrogen-bond acceptors (Lipinski definition) is 15. The van der Waals surface area contributed by atoms with E-state index in [2.05, 4.69) is 55.4 Å². The summed E-state index contributed by atoms with van der Waals surface area (Å²) in [6.07, 6.45) is 38.9. The van der Waals surface area contributed by atoms with E-state index in [0.717, 1.165) is 114 Å². The summed E-state index contributed by atoms with van der Waals surface area (Å²) in [5.41, 5.74) is 0. The number of aliphatic hydroxyl groups is 1. The second kappa shape index (κ2) is 57.9. The van der Waals surface area contributed by atoms with Crippen LogP contribution in [0.1, 0.15) is 331 Å². The number of ether oxygens (including phenoxy) is 4. The monoisotopic (exact) mass is 1280 g/mol. The Morgan fingerprint density at radius 1 is 0.322 bits per heavy atom. The summed E-state index contributed by atoms with van der Waals surface area (Å²) in [6.45, 7) is 14.0. The molecular weight excluding hydrogens is 1150 g/mol. The van der Waals surface area contributed by atoms with Gasteiger partial charge in [0.25, 0.3) is 0 Å². The second-order valence-corrected chi connectivity index (χ2v) is 28.9. The van der Waals surface area contributed by atoms with E-state index in [9.17, 15) is 43.2 Å². The van der Waals surface area contributed by atoms with E-state index in [-0.39, 0.29) is 25.7 Å². The van der Waals surface area contributed by atoms with Gasteiger partial charge in [0.1, 0.15) is 19.3 Å². The van der Waals surface area contributed by atoms with Crippen LogP contribution in [-0.2, 0) is 65.4 Å². The highest BCUT2D eigenvalue weighted by atomic mass is 31.2. The molecule has 87 heavy (non-hydrogen) atoms. The zero-order valence-corrected chi connectivity index (χ0v) is 58.4. The minimum atomic E-state index is -4.95. The lowest BCUT2D eigenvalue weighted by molar-refractivity contribution is -0.161. The van der Waals surface area contributed by atoms with Crippen LogP contribution in [0.3, 0.4) is 0 Å². The molecule has 0 radical (unpaired) electrons. The Kier molecular flexibility index (Phi) is 56.6. The molecule has 0 bridgehead atoms. The Balaban J connectivity index is 5.27. The highest BCUT2D eigenvalue weighted by Gasteiger charge is 2.30. The summed E-state index contributed by atoms with van der Waals surface area (Å²) in [7, 11) is -9.90. The van der Waals surface area contributed by atoms with Crippen LogP contribution in [0.2, 0.25) is 0 Å². The fourth-order valence-corrected chi connectivity index (χ4v) is 11.7. The molecule has 7 atom stereocenters. The maximum Gasteiger partial charge on any atom is 0.472 e. The van der Waals surface area contributed by atoms with Crippen molar-refractivity contribution < 1.29 is 80.2 Å². The van der Waals surface area contributed by atoms with Crippen molar-refractivity contribution in [3.63, 3.8) is 0 Å². The van der Waals surface area contributed by atoms with Gasteiger partial charge < -0.3 is 33.8 Å². The zero-order valence-electron chi connectivity index (χ0n) is 56.6. The average molecular weight is 1280 g/mol. The molecule has 3 N–H and O–H groups in total.